The van der Waals surface area contributed by atoms with Gasteiger partial charge < -0.3 is 0 Å². The van der Waals surface area contributed by atoms with E-state index in [1.807, 2.05) is 0 Å². The molecule has 100 valence electrons. The zero-order valence-corrected chi connectivity index (χ0v) is 11.4. The molecule has 0 heterocycles. The molecule has 0 amide bonds. The maximum absolute atomic E-state index is 11.8. The largest absolute Gasteiger partial charge is 0.289 e. The molecule has 1 aromatic carbocycles. The summed E-state index contributed by atoms with van der Waals surface area (Å²) in [7, 11) is -3.78. The summed E-state index contributed by atoms with van der Waals surface area (Å²) in [5.74, 6) is 0.323. The molecule has 18 heavy (non-hydrogen) atoms. The second-order valence-electron chi connectivity index (χ2n) is 3.31. The van der Waals surface area contributed by atoms with Gasteiger partial charge in [0.2, 0.25) is 10.0 Å². The Morgan fingerprint density at radius 3 is 2.61 bits per heavy atom. The van der Waals surface area contributed by atoms with Crippen LogP contribution in [-0.4, -0.2) is 25.8 Å². The molecule has 0 atom stereocenters. The first-order valence-corrected chi connectivity index (χ1v) is 7.27. The van der Waals surface area contributed by atoms with Gasteiger partial charge in [0.15, 0.2) is 0 Å². The molecule has 0 spiro atoms. The minimum Gasteiger partial charge on any atom is -0.258 e. The van der Waals surface area contributed by atoms with E-state index in [1.54, 1.807) is 0 Å². The van der Waals surface area contributed by atoms with Gasteiger partial charge >= 0.3 is 0 Å². The van der Waals surface area contributed by atoms with Crippen molar-refractivity contribution < 1.29 is 13.3 Å². The van der Waals surface area contributed by atoms with Gasteiger partial charge in [-0.2, -0.15) is 0 Å². The highest BCUT2D eigenvalue weighted by molar-refractivity contribution is 7.89. The van der Waals surface area contributed by atoms with Crippen molar-refractivity contribution in [3.8, 4) is 0 Å². The molecule has 0 fully saturated rings. The summed E-state index contributed by atoms with van der Waals surface area (Å²) in [6.07, 6.45) is 0.469. The van der Waals surface area contributed by atoms with Crippen LogP contribution in [0, 0.1) is 10.1 Å². The minimum atomic E-state index is -3.78. The van der Waals surface area contributed by atoms with Crippen molar-refractivity contribution in [1.82, 2.24) is 4.72 Å². The second kappa shape index (κ2) is 6.33. The van der Waals surface area contributed by atoms with E-state index in [1.165, 1.54) is 12.1 Å². The Morgan fingerprint density at radius 1 is 1.39 bits per heavy atom. The lowest BCUT2D eigenvalue weighted by Gasteiger charge is -2.06. The Labute approximate surface area is 114 Å². The minimum absolute atomic E-state index is 0.111. The van der Waals surface area contributed by atoms with Crippen LogP contribution in [-0.2, 0) is 10.0 Å². The van der Waals surface area contributed by atoms with E-state index >= 15 is 0 Å². The fraction of sp³-hybridized carbons (Fsp3) is 0.333. The van der Waals surface area contributed by atoms with Crippen molar-refractivity contribution in [1.29, 1.82) is 0 Å². The number of hydrogen-bond donors (Lipinski definition) is 1. The zero-order valence-electron chi connectivity index (χ0n) is 9.10. The average Bonchev–Trinajstić information content (AvgIpc) is 2.29. The predicted molar refractivity (Wildman–Crippen MR) is 68.6 cm³/mol. The van der Waals surface area contributed by atoms with Crippen LogP contribution in [0.3, 0.4) is 0 Å². The smallest absolute Gasteiger partial charge is 0.258 e. The lowest BCUT2D eigenvalue weighted by atomic mass is 10.3. The third-order valence-corrected chi connectivity index (χ3v) is 4.07. The molecule has 0 aromatic heterocycles. The number of hydrogen-bond acceptors (Lipinski definition) is 4. The number of nitro groups is 1. The summed E-state index contributed by atoms with van der Waals surface area (Å²) in [4.78, 5) is 9.71. The first kappa shape index (κ1) is 15.2. The Morgan fingerprint density at radius 2 is 2.06 bits per heavy atom. The Hall–Kier alpha value is -0.890. The summed E-state index contributed by atoms with van der Waals surface area (Å²) < 4.78 is 25.8. The molecule has 0 aliphatic carbocycles. The van der Waals surface area contributed by atoms with Crippen molar-refractivity contribution in [2.75, 3.05) is 12.4 Å². The van der Waals surface area contributed by atoms with Gasteiger partial charge in [0.25, 0.3) is 5.69 Å². The van der Waals surface area contributed by atoms with E-state index in [0.29, 0.717) is 12.3 Å². The maximum atomic E-state index is 11.8. The molecule has 1 N–H and O–H groups in total. The molecule has 0 bridgehead atoms. The maximum Gasteiger partial charge on any atom is 0.289 e. The molecule has 0 aliphatic rings. The highest BCUT2D eigenvalue weighted by Gasteiger charge is 2.20. The summed E-state index contributed by atoms with van der Waals surface area (Å²) in [5, 5.41) is 10.5. The zero-order chi connectivity index (χ0) is 13.8. The quantitative estimate of drug-likeness (QED) is 0.377. The van der Waals surface area contributed by atoms with Crippen molar-refractivity contribution in [2.45, 2.75) is 11.3 Å². The molecular weight excluding hydrogens is 303 g/mol. The van der Waals surface area contributed by atoms with Crippen LogP contribution < -0.4 is 4.72 Å². The fourth-order valence-corrected chi connectivity index (χ4v) is 2.57. The molecule has 9 heteroatoms. The second-order valence-corrected chi connectivity index (χ2v) is 5.86. The monoisotopic (exact) mass is 312 g/mol. The number of benzene rings is 1. The summed E-state index contributed by atoms with van der Waals surface area (Å²) in [6, 6.07) is 3.31. The van der Waals surface area contributed by atoms with E-state index in [9.17, 15) is 18.5 Å². The first-order chi connectivity index (χ1) is 8.38. The fourth-order valence-electron chi connectivity index (χ4n) is 1.16. The molecule has 1 rings (SSSR count). The molecule has 0 aliphatic heterocycles. The van der Waals surface area contributed by atoms with Crippen LogP contribution in [0.2, 0.25) is 5.02 Å². The van der Waals surface area contributed by atoms with Gasteiger partial charge in [-0.25, -0.2) is 13.1 Å². The molecular formula is C9H10Cl2N2O4S. The number of sulfonamides is 1. The van der Waals surface area contributed by atoms with Gasteiger partial charge in [0.05, 0.1) is 9.82 Å². The molecule has 6 nitrogen and oxygen atoms in total. The van der Waals surface area contributed by atoms with Crippen molar-refractivity contribution >= 4 is 38.9 Å². The number of rotatable bonds is 6. The molecule has 0 saturated carbocycles. The number of nitrogens with one attached hydrogen (secondary N) is 1. The summed E-state index contributed by atoms with van der Waals surface area (Å²) in [5.41, 5.74) is -0.447. The molecule has 0 unspecified atom stereocenters. The summed E-state index contributed by atoms with van der Waals surface area (Å²) in [6.45, 7) is 0.169. The van der Waals surface area contributed by atoms with Gasteiger partial charge in [-0.05, 0) is 18.6 Å². The van der Waals surface area contributed by atoms with Gasteiger partial charge in [0, 0.05) is 18.5 Å². The number of nitro benzene ring substituents is 1. The van der Waals surface area contributed by atoms with Crippen molar-refractivity contribution in [3.63, 3.8) is 0 Å². The van der Waals surface area contributed by atoms with Gasteiger partial charge in [-0.3, -0.25) is 10.1 Å². The summed E-state index contributed by atoms with van der Waals surface area (Å²) >= 11 is 11.0. The normalized spacial score (nSPS) is 11.4. The molecule has 0 saturated heterocycles. The van der Waals surface area contributed by atoms with Gasteiger partial charge in [-0.1, -0.05) is 11.6 Å². The van der Waals surface area contributed by atoms with E-state index in [-0.39, 0.29) is 16.5 Å². The van der Waals surface area contributed by atoms with E-state index in [4.69, 9.17) is 23.2 Å². The molecule has 0 radical (unpaired) electrons. The molecule has 1 aromatic rings. The van der Waals surface area contributed by atoms with Crippen LogP contribution >= 0.6 is 23.2 Å². The number of alkyl halides is 1. The van der Waals surface area contributed by atoms with E-state index in [0.717, 1.165) is 6.07 Å². The predicted octanol–water partition coefficient (Wildman–Crippen LogP) is 2.16. The lowest BCUT2D eigenvalue weighted by Crippen LogP contribution is -2.25. The van der Waals surface area contributed by atoms with Gasteiger partial charge in [-0.15, -0.1) is 11.6 Å². The van der Waals surface area contributed by atoms with E-state index in [2.05, 4.69) is 4.72 Å². The Balaban J connectivity index is 3.02. The van der Waals surface area contributed by atoms with Crippen LogP contribution in [0.25, 0.3) is 0 Å². The lowest BCUT2D eigenvalue weighted by molar-refractivity contribution is -0.384. The number of halogens is 2. The first-order valence-electron chi connectivity index (χ1n) is 4.88. The van der Waals surface area contributed by atoms with Crippen molar-refractivity contribution in [3.05, 3.63) is 33.3 Å². The number of nitrogens with zero attached hydrogens (tertiary/aromatic N) is 1. The van der Waals surface area contributed by atoms with Crippen LogP contribution in [0.1, 0.15) is 6.42 Å². The Kier molecular flexibility index (Phi) is 5.33. The standard InChI is InChI=1S/C9H10Cl2N2O4S/c10-4-1-5-12-18(16,17)7-2-3-8(11)9(6-7)13(14)15/h2-3,6,12H,1,4-5H2. The van der Waals surface area contributed by atoms with Crippen LogP contribution in [0.5, 0.6) is 0 Å². The third kappa shape index (κ3) is 3.81. The van der Waals surface area contributed by atoms with Crippen LogP contribution in [0.15, 0.2) is 23.1 Å². The van der Waals surface area contributed by atoms with Crippen molar-refractivity contribution in [2.24, 2.45) is 0 Å². The topological polar surface area (TPSA) is 89.3 Å². The van der Waals surface area contributed by atoms with Gasteiger partial charge in [0.1, 0.15) is 5.02 Å². The average molecular weight is 313 g/mol. The third-order valence-electron chi connectivity index (χ3n) is 2.03. The highest BCUT2D eigenvalue weighted by Crippen LogP contribution is 2.26. The van der Waals surface area contributed by atoms with Crippen LogP contribution in [0.4, 0.5) is 5.69 Å². The highest BCUT2D eigenvalue weighted by atomic mass is 35.5. The SMILES string of the molecule is O=[N+]([O-])c1cc(S(=O)(=O)NCCCCl)ccc1Cl. The van der Waals surface area contributed by atoms with E-state index < -0.39 is 20.6 Å². The Bertz CT molecular complexity index is 547.